The smallest absolute Gasteiger partial charge is 0.229 e. The molecule has 0 bridgehead atoms. The molecule has 0 unspecified atom stereocenters. The fourth-order valence-corrected chi connectivity index (χ4v) is 3.65. The van der Waals surface area contributed by atoms with Crippen LogP contribution in [0.15, 0.2) is 76.2 Å². The Labute approximate surface area is 154 Å². The quantitative estimate of drug-likeness (QED) is 0.432. The highest BCUT2D eigenvalue weighted by atomic mass is 32.2. The van der Waals surface area contributed by atoms with Crippen LogP contribution in [0.3, 0.4) is 0 Å². The molecule has 0 aliphatic rings. The fraction of sp³-hybridized carbons (Fsp3) is 0.0476. The predicted octanol–water partition coefficient (Wildman–Crippen LogP) is 5.80. The van der Waals surface area contributed by atoms with Crippen LogP contribution in [0, 0.1) is 17.1 Å². The molecule has 0 radical (unpaired) electrons. The van der Waals surface area contributed by atoms with Gasteiger partial charge in [0.05, 0.1) is 0 Å². The molecule has 126 valence electrons. The highest BCUT2D eigenvalue weighted by Gasteiger charge is 2.17. The van der Waals surface area contributed by atoms with E-state index in [1.807, 2.05) is 42.5 Å². The first kappa shape index (κ1) is 16.4. The van der Waals surface area contributed by atoms with E-state index in [0.29, 0.717) is 22.3 Å². The van der Waals surface area contributed by atoms with Crippen molar-refractivity contribution in [1.29, 1.82) is 5.26 Å². The van der Waals surface area contributed by atoms with Crippen LogP contribution in [0.4, 0.5) is 4.39 Å². The van der Waals surface area contributed by atoms with Crippen LogP contribution >= 0.6 is 11.8 Å². The number of benzene rings is 3. The lowest BCUT2D eigenvalue weighted by Crippen LogP contribution is -1.86. The maximum Gasteiger partial charge on any atom is 0.229 e. The van der Waals surface area contributed by atoms with E-state index in [1.165, 1.54) is 17.8 Å². The molecule has 0 N–H and O–H groups in total. The van der Waals surface area contributed by atoms with Gasteiger partial charge in [-0.05, 0) is 28.5 Å². The molecule has 4 aromatic rings. The average Bonchev–Trinajstić information content (AvgIpc) is 3.10. The number of nitriles is 1. The summed E-state index contributed by atoms with van der Waals surface area (Å²) < 4.78 is 19.7. The molecule has 3 aromatic carbocycles. The third-order valence-electron chi connectivity index (χ3n) is 4.04. The highest BCUT2D eigenvalue weighted by molar-refractivity contribution is 7.98. The Balaban J connectivity index is 1.69. The SMILES string of the molecule is N#Cc1nc(-c2cccc3ccccc23)oc1SCc1ccccc1F. The zero-order chi connectivity index (χ0) is 17.9. The number of oxazole rings is 1. The van der Waals surface area contributed by atoms with Crippen molar-refractivity contribution in [2.24, 2.45) is 0 Å². The van der Waals surface area contributed by atoms with Crippen LogP contribution < -0.4 is 0 Å². The summed E-state index contributed by atoms with van der Waals surface area (Å²) in [6.07, 6.45) is 0. The maximum absolute atomic E-state index is 13.8. The van der Waals surface area contributed by atoms with Gasteiger partial charge >= 0.3 is 0 Å². The molecule has 0 saturated heterocycles. The minimum Gasteiger partial charge on any atom is -0.428 e. The van der Waals surface area contributed by atoms with Crippen molar-refractivity contribution in [3.63, 3.8) is 0 Å². The molecule has 0 fully saturated rings. The average molecular weight is 360 g/mol. The molecule has 0 aliphatic heterocycles. The zero-order valence-corrected chi connectivity index (χ0v) is 14.5. The molecule has 0 spiro atoms. The van der Waals surface area contributed by atoms with Crippen molar-refractivity contribution in [2.75, 3.05) is 0 Å². The first-order chi connectivity index (χ1) is 12.8. The van der Waals surface area contributed by atoms with Crippen molar-refractivity contribution in [3.8, 4) is 17.5 Å². The number of rotatable bonds is 4. The summed E-state index contributed by atoms with van der Waals surface area (Å²) in [6.45, 7) is 0. The van der Waals surface area contributed by atoms with Crippen LogP contribution in [-0.2, 0) is 5.75 Å². The minimum atomic E-state index is -0.271. The van der Waals surface area contributed by atoms with Crippen molar-refractivity contribution in [1.82, 2.24) is 4.98 Å². The molecule has 0 aliphatic carbocycles. The van der Waals surface area contributed by atoms with Crippen LogP contribution in [0.1, 0.15) is 11.3 Å². The summed E-state index contributed by atoms with van der Waals surface area (Å²) in [5.74, 6) is 0.493. The third-order valence-corrected chi connectivity index (χ3v) is 5.03. The van der Waals surface area contributed by atoms with Crippen LogP contribution in [0.25, 0.3) is 22.2 Å². The van der Waals surface area contributed by atoms with Gasteiger partial charge in [-0.25, -0.2) is 4.39 Å². The van der Waals surface area contributed by atoms with E-state index in [-0.39, 0.29) is 11.5 Å². The molecule has 0 atom stereocenters. The second-order valence-corrected chi connectivity index (χ2v) is 6.62. The van der Waals surface area contributed by atoms with E-state index in [1.54, 1.807) is 18.2 Å². The normalized spacial score (nSPS) is 10.8. The van der Waals surface area contributed by atoms with Gasteiger partial charge in [0.1, 0.15) is 11.9 Å². The Hall–Kier alpha value is -3.10. The van der Waals surface area contributed by atoms with Gasteiger partial charge in [-0.1, -0.05) is 66.4 Å². The Bertz CT molecular complexity index is 1130. The molecule has 3 nitrogen and oxygen atoms in total. The number of nitrogens with zero attached hydrogens (tertiary/aromatic N) is 2. The largest absolute Gasteiger partial charge is 0.428 e. The number of thioether (sulfide) groups is 1. The molecule has 0 saturated carbocycles. The summed E-state index contributed by atoms with van der Waals surface area (Å²) >= 11 is 1.27. The Morgan fingerprint density at radius 3 is 2.62 bits per heavy atom. The van der Waals surface area contributed by atoms with Crippen molar-refractivity contribution >= 4 is 22.5 Å². The van der Waals surface area contributed by atoms with Crippen molar-refractivity contribution < 1.29 is 8.81 Å². The summed E-state index contributed by atoms with van der Waals surface area (Å²) in [6, 6.07) is 22.4. The Morgan fingerprint density at radius 1 is 1.00 bits per heavy atom. The summed E-state index contributed by atoms with van der Waals surface area (Å²) in [4.78, 5) is 4.34. The van der Waals surface area contributed by atoms with Crippen LogP contribution in [0.2, 0.25) is 0 Å². The lowest BCUT2D eigenvalue weighted by molar-refractivity contribution is 0.483. The second-order valence-electron chi connectivity index (χ2n) is 5.67. The molecular formula is C21H13FN2OS. The standard InChI is InChI=1S/C21H13FN2OS/c22-18-11-4-2-7-15(18)13-26-21-19(12-23)24-20(25-21)17-10-5-8-14-6-1-3-9-16(14)17/h1-11H,13H2. The van der Waals surface area contributed by atoms with Gasteiger partial charge < -0.3 is 4.42 Å². The maximum atomic E-state index is 13.8. The predicted molar refractivity (Wildman–Crippen MR) is 100 cm³/mol. The Kier molecular flexibility index (Phi) is 4.42. The molecule has 4 rings (SSSR count). The van der Waals surface area contributed by atoms with E-state index in [0.717, 1.165) is 16.3 Å². The van der Waals surface area contributed by atoms with E-state index in [4.69, 9.17) is 4.42 Å². The molecular weight excluding hydrogens is 347 g/mol. The molecule has 5 heteroatoms. The molecule has 1 aromatic heterocycles. The number of halogens is 1. The molecule has 1 heterocycles. The monoisotopic (exact) mass is 360 g/mol. The lowest BCUT2D eigenvalue weighted by atomic mass is 10.0. The van der Waals surface area contributed by atoms with E-state index in [9.17, 15) is 9.65 Å². The van der Waals surface area contributed by atoms with E-state index < -0.39 is 0 Å². The topological polar surface area (TPSA) is 49.8 Å². The van der Waals surface area contributed by atoms with Crippen molar-refractivity contribution in [3.05, 3.63) is 83.8 Å². The fourth-order valence-electron chi connectivity index (χ4n) is 2.76. The number of fused-ring (bicyclic) bond motifs is 1. The Morgan fingerprint density at radius 2 is 1.77 bits per heavy atom. The first-order valence-electron chi connectivity index (χ1n) is 8.01. The summed E-state index contributed by atoms with van der Waals surface area (Å²) in [7, 11) is 0. The van der Waals surface area contributed by atoms with Crippen LogP contribution in [0.5, 0.6) is 0 Å². The van der Waals surface area contributed by atoms with Gasteiger partial charge in [0.2, 0.25) is 5.89 Å². The third kappa shape index (κ3) is 3.07. The van der Waals surface area contributed by atoms with Gasteiger partial charge in [-0.2, -0.15) is 10.2 Å². The second kappa shape index (κ2) is 7.03. The van der Waals surface area contributed by atoms with Gasteiger partial charge in [-0.15, -0.1) is 0 Å². The molecule has 0 amide bonds. The number of hydrogen-bond acceptors (Lipinski definition) is 4. The van der Waals surface area contributed by atoms with E-state index in [2.05, 4.69) is 11.1 Å². The van der Waals surface area contributed by atoms with Gasteiger partial charge in [0.25, 0.3) is 0 Å². The number of hydrogen-bond donors (Lipinski definition) is 0. The lowest BCUT2D eigenvalue weighted by Gasteiger charge is -2.02. The minimum absolute atomic E-state index is 0.217. The van der Waals surface area contributed by atoms with Gasteiger partial charge in [-0.3, -0.25) is 0 Å². The zero-order valence-electron chi connectivity index (χ0n) is 13.6. The number of aromatic nitrogens is 1. The van der Waals surface area contributed by atoms with Crippen LogP contribution in [-0.4, -0.2) is 4.98 Å². The van der Waals surface area contributed by atoms with Gasteiger partial charge in [0, 0.05) is 11.3 Å². The summed E-state index contributed by atoms with van der Waals surface area (Å²) in [5.41, 5.74) is 1.61. The molecule has 26 heavy (non-hydrogen) atoms. The highest BCUT2D eigenvalue weighted by Crippen LogP contribution is 2.34. The first-order valence-corrected chi connectivity index (χ1v) is 9.00. The van der Waals surface area contributed by atoms with E-state index >= 15 is 0 Å². The summed E-state index contributed by atoms with van der Waals surface area (Å²) in [5, 5.41) is 11.9. The van der Waals surface area contributed by atoms with Crippen molar-refractivity contribution in [2.45, 2.75) is 10.8 Å². The van der Waals surface area contributed by atoms with Gasteiger partial charge in [0.15, 0.2) is 10.8 Å².